The Morgan fingerprint density at radius 2 is 1.88 bits per heavy atom. The number of aliphatic hydroxyl groups is 1. The van der Waals surface area contributed by atoms with Crippen LogP contribution in [0, 0.1) is 0 Å². The molecule has 3 nitrogen and oxygen atoms in total. The third kappa shape index (κ3) is 2.97. The smallest absolute Gasteiger partial charge is 0.0556 e. The molecule has 0 radical (unpaired) electrons. The van der Waals surface area contributed by atoms with E-state index in [0.29, 0.717) is 6.04 Å². The van der Waals surface area contributed by atoms with Crippen molar-refractivity contribution in [2.45, 2.75) is 18.9 Å². The quantitative estimate of drug-likeness (QED) is 0.801. The van der Waals surface area contributed by atoms with Gasteiger partial charge in [-0.3, -0.25) is 0 Å². The van der Waals surface area contributed by atoms with Crippen molar-refractivity contribution in [2.75, 3.05) is 31.1 Å². The van der Waals surface area contributed by atoms with Gasteiger partial charge in [0.1, 0.15) is 0 Å². The Kier molecular flexibility index (Phi) is 4.19. The van der Waals surface area contributed by atoms with Gasteiger partial charge in [0.25, 0.3) is 0 Å². The Labute approximate surface area is 97.1 Å². The lowest BCUT2D eigenvalue weighted by Gasteiger charge is -2.34. The summed E-state index contributed by atoms with van der Waals surface area (Å²) in [5.41, 5.74) is 1.32. The van der Waals surface area contributed by atoms with E-state index < -0.39 is 0 Å². The van der Waals surface area contributed by atoms with Crippen molar-refractivity contribution in [2.24, 2.45) is 0 Å². The number of hydrogen-bond acceptors (Lipinski definition) is 3. The zero-order valence-corrected chi connectivity index (χ0v) is 9.60. The molecule has 0 aliphatic carbocycles. The standard InChI is InChI=1S/C13H20N2O/c16-11-8-14-12-6-9-15(10-7-12)13-4-2-1-3-5-13/h1-5,12,14,16H,6-11H2. The van der Waals surface area contributed by atoms with E-state index in [2.05, 4.69) is 40.5 Å². The van der Waals surface area contributed by atoms with Crippen LogP contribution in [0.2, 0.25) is 0 Å². The molecule has 1 fully saturated rings. The maximum Gasteiger partial charge on any atom is 0.0556 e. The summed E-state index contributed by atoms with van der Waals surface area (Å²) in [6.45, 7) is 3.16. The van der Waals surface area contributed by atoms with Gasteiger partial charge in [0.2, 0.25) is 0 Å². The van der Waals surface area contributed by atoms with E-state index in [0.717, 1.165) is 32.5 Å². The molecule has 1 heterocycles. The largest absolute Gasteiger partial charge is 0.395 e. The Morgan fingerprint density at radius 1 is 1.19 bits per heavy atom. The molecular weight excluding hydrogens is 200 g/mol. The molecule has 2 N–H and O–H groups in total. The van der Waals surface area contributed by atoms with Gasteiger partial charge in [0.15, 0.2) is 0 Å². The molecule has 0 saturated carbocycles. The Bertz CT molecular complexity index is 294. The van der Waals surface area contributed by atoms with E-state index >= 15 is 0 Å². The average Bonchev–Trinajstić information content (AvgIpc) is 2.38. The van der Waals surface area contributed by atoms with Gasteiger partial charge >= 0.3 is 0 Å². The van der Waals surface area contributed by atoms with Gasteiger partial charge in [-0.1, -0.05) is 18.2 Å². The zero-order chi connectivity index (χ0) is 11.2. The Morgan fingerprint density at radius 3 is 2.50 bits per heavy atom. The number of hydrogen-bond donors (Lipinski definition) is 2. The summed E-state index contributed by atoms with van der Waals surface area (Å²) in [5.74, 6) is 0. The first kappa shape index (κ1) is 11.4. The maximum absolute atomic E-state index is 8.75. The second kappa shape index (κ2) is 5.87. The summed E-state index contributed by atoms with van der Waals surface area (Å²) >= 11 is 0. The van der Waals surface area contributed by atoms with Crippen LogP contribution in [0.3, 0.4) is 0 Å². The topological polar surface area (TPSA) is 35.5 Å². The van der Waals surface area contributed by atoms with Crippen LogP contribution in [0.15, 0.2) is 30.3 Å². The molecule has 1 saturated heterocycles. The van der Waals surface area contributed by atoms with Crippen molar-refractivity contribution < 1.29 is 5.11 Å². The van der Waals surface area contributed by atoms with Crippen LogP contribution in [0.1, 0.15) is 12.8 Å². The predicted octanol–water partition coefficient (Wildman–Crippen LogP) is 1.24. The molecule has 1 aromatic carbocycles. The summed E-state index contributed by atoms with van der Waals surface area (Å²) in [6, 6.07) is 11.1. The second-order valence-corrected chi connectivity index (χ2v) is 4.27. The molecule has 1 aliphatic rings. The van der Waals surface area contributed by atoms with Crippen molar-refractivity contribution in [3.8, 4) is 0 Å². The van der Waals surface area contributed by atoms with Crippen molar-refractivity contribution in [1.82, 2.24) is 5.32 Å². The summed E-state index contributed by atoms with van der Waals surface area (Å²) in [6.07, 6.45) is 2.32. The summed E-state index contributed by atoms with van der Waals surface area (Å²) in [4.78, 5) is 2.43. The predicted molar refractivity (Wildman–Crippen MR) is 66.8 cm³/mol. The molecule has 1 aromatic rings. The second-order valence-electron chi connectivity index (χ2n) is 4.27. The minimum Gasteiger partial charge on any atom is -0.395 e. The summed E-state index contributed by atoms with van der Waals surface area (Å²) < 4.78 is 0. The van der Waals surface area contributed by atoms with Crippen molar-refractivity contribution in [3.63, 3.8) is 0 Å². The highest BCUT2D eigenvalue weighted by Gasteiger charge is 2.18. The number of anilines is 1. The molecule has 0 aromatic heterocycles. The molecule has 0 atom stereocenters. The summed E-state index contributed by atoms with van der Waals surface area (Å²) in [5, 5.41) is 12.1. The van der Waals surface area contributed by atoms with Gasteiger partial charge in [-0.2, -0.15) is 0 Å². The van der Waals surface area contributed by atoms with E-state index in [4.69, 9.17) is 5.11 Å². The van der Waals surface area contributed by atoms with Gasteiger partial charge < -0.3 is 15.3 Å². The van der Waals surface area contributed by atoms with Gasteiger partial charge in [0, 0.05) is 31.4 Å². The molecule has 16 heavy (non-hydrogen) atoms. The van der Waals surface area contributed by atoms with Crippen molar-refractivity contribution >= 4 is 5.69 Å². The van der Waals surface area contributed by atoms with E-state index in [1.54, 1.807) is 0 Å². The van der Waals surface area contributed by atoms with Crippen LogP contribution in [-0.4, -0.2) is 37.4 Å². The monoisotopic (exact) mass is 220 g/mol. The fourth-order valence-corrected chi connectivity index (χ4v) is 2.25. The van der Waals surface area contributed by atoms with Gasteiger partial charge in [0.05, 0.1) is 6.61 Å². The van der Waals surface area contributed by atoms with Crippen molar-refractivity contribution in [3.05, 3.63) is 30.3 Å². The number of nitrogens with zero attached hydrogens (tertiary/aromatic N) is 1. The van der Waals surface area contributed by atoms with E-state index in [1.165, 1.54) is 5.69 Å². The number of para-hydroxylation sites is 1. The minimum absolute atomic E-state index is 0.235. The minimum atomic E-state index is 0.235. The number of piperidine rings is 1. The first-order valence-electron chi connectivity index (χ1n) is 6.04. The van der Waals surface area contributed by atoms with E-state index in [9.17, 15) is 0 Å². The van der Waals surface area contributed by atoms with Gasteiger partial charge in [-0.05, 0) is 25.0 Å². The lowest BCUT2D eigenvalue weighted by atomic mass is 10.0. The first-order valence-corrected chi connectivity index (χ1v) is 6.04. The highest BCUT2D eigenvalue weighted by Crippen LogP contribution is 2.19. The van der Waals surface area contributed by atoms with Crippen LogP contribution in [-0.2, 0) is 0 Å². The summed E-state index contributed by atoms with van der Waals surface area (Å²) in [7, 11) is 0. The first-order chi connectivity index (χ1) is 7.90. The molecule has 0 amide bonds. The fraction of sp³-hybridized carbons (Fsp3) is 0.538. The van der Waals surface area contributed by atoms with Crippen LogP contribution in [0.25, 0.3) is 0 Å². The third-order valence-corrected chi connectivity index (χ3v) is 3.16. The molecular formula is C13H20N2O. The number of rotatable bonds is 4. The highest BCUT2D eigenvalue weighted by molar-refractivity contribution is 5.46. The van der Waals surface area contributed by atoms with Crippen molar-refractivity contribution in [1.29, 1.82) is 0 Å². The molecule has 2 rings (SSSR count). The molecule has 1 aliphatic heterocycles. The van der Waals surface area contributed by atoms with Crippen LogP contribution >= 0.6 is 0 Å². The lowest BCUT2D eigenvalue weighted by molar-refractivity contribution is 0.277. The van der Waals surface area contributed by atoms with Crippen LogP contribution < -0.4 is 10.2 Å². The highest BCUT2D eigenvalue weighted by atomic mass is 16.3. The fourth-order valence-electron chi connectivity index (χ4n) is 2.25. The zero-order valence-electron chi connectivity index (χ0n) is 9.60. The van der Waals surface area contributed by atoms with E-state index in [1.807, 2.05) is 0 Å². The van der Waals surface area contributed by atoms with Gasteiger partial charge in [-0.15, -0.1) is 0 Å². The number of benzene rings is 1. The van der Waals surface area contributed by atoms with E-state index in [-0.39, 0.29) is 6.61 Å². The molecule has 0 unspecified atom stereocenters. The number of nitrogens with one attached hydrogen (secondary N) is 1. The van der Waals surface area contributed by atoms with Gasteiger partial charge in [-0.25, -0.2) is 0 Å². The van der Waals surface area contributed by atoms with Crippen LogP contribution in [0.5, 0.6) is 0 Å². The lowest BCUT2D eigenvalue weighted by Crippen LogP contribution is -2.43. The molecule has 88 valence electrons. The molecule has 3 heteroatoms. The SMILES string of the molecule is OCCNC1CCN(c2ccccc2)CC1. The molecule has 0 spiro atoms. The maximum atomic E-state index is 8.75. The number of aliphatic hydroxyl groups excluding tert-OH is 1. The molecule has 0 bridgehead atoms. The average molecular weight is 220 g/mol. The normalized spacial score (nSPS) is 17.7. The Balaban J connectivity index is 1.81. The van der Waals surface area contributed by atoms with Crippen LogP contribution in [0.4, 0.5) is 5.69 Å². The third-order valence-electron chi connectivity index (χ3n) is 3.16. The Hall–Kier alpha value is -1.06.